The summed E-state index contributed by atoms with van der Waals surface area (Å²) in [5, 5.41) is 0. The number of nitrogens with two attached hydrogens (primary N) is 2. The molecular formula is C36H44F6N6O6S2Zn. The first-order valence-corrected chi connectivity index (χ1v) is 19.7. The largest absolute Gasteiger partial charge is 2.00 e. The van der Waals surface area contributed by atoms with Crippen LogP contribution in [-0.2, 0) is 52.8 Å². The Morgan fingerprint density at radius 3 is 1.14 bits per heavy atom. The van der Waals surface area contributed by atoms with Crippen LogP contribution in [0.5, 0.6) is 0 Å². The van der Waals surface area contributed by atoms with Crippen molar-refractivity contribution in [3.8, 4) is 0 Å². The van der Waals surface area contributed by atoms with Crippen molar-refractivity contribution in [1.82, 2.24) is 19.8 Å². The van der Waals surface area contributed by atoms with Crippen LogP contribution in [0, 0.1) is 0 Å². The molecule has 12 nitrogen and oxygen atoms in total. The van der Waals surface area contributed by atoms with E-state index in [-0.39, 0.29) is 31.6 Å². The predicted octanol–water partition coefficient (Wildman–Crippen LogP) is 5.84. The third-order valence-corrected chi connectivity index (χ3v) is 9.56. The van der Waals surface area contributed by atoms with E-state index in [1.807, 2.05) is 85.2 Å². The number of hydrogen-bond donors (Lipinski definition) is 2. The molecule has 0 unspecified atom stereocenters. The number of halogens is 6. The molecule has 4 aromatic rings. The molecule has 1 aliphatic rings. The SMILES string of the molecule is CN(Cc1ccccn1)[C@H]1CCCC[C@@H]1N(C)Cc1ccccn1.N[C@@H](c1ccccc1)[C@@H](N)c1ccccc1.O=S(=O)([O-])C(F)(F)F.O=S(=O)([O-])C(F)(F)F.[Zn+2]. The minimum absolute atomic E-state index is 0. The van der Waals surface area contributed by atoms with Gasteiger partial charge in [-0.3, -0.25) is 19.8 Å². The zero-order chi connectivity index (χ0) is 42.2. The zero-order valence-electron chi connectivity index (χ0n) is 31.1. The topological polar surface area (TPSA) is 199 Å². The minimum atomic E-state index is -6.09. The second kappa shape index (κ2) is 23.9. The van der Waals surface area contributed by atoms with Gasteiger partial charge < -0.3 is 20.6 Å². The fourth-order valence-corrected chi connectivity index (χ4v) is 5.61. The summed E-state index contributed by atoms with van der Waals surface area (Å²) in [7, 11) is -7.70. The molecule has 2 heterocycles. The second-order valence-corrected chi connectivity index (χ2v) is 15.3. The van der Waals surface area contributed by atoms with Crippen molar-refractivity contribution < 1.29 is 71.8 Å². The molecule has 1 fully saturated rings. The number of rotatable bonds is 9. The molecule has 0 amide bonds. The van der Waals surface area contributed by atoms with Crippen LogP contribution in [0.25, 0.3) is 0 Å². The van der Waals surface area contributed by atoms with E-state index in [1.54, 1.807) is 0 Å². The number of pyridine rings is 2. The van der Waals surface area contributed by atoms with Crippen LogP contribution in [0.15, 0.2) is 109 Å². The molecule has 57 heavy (non-hydrogen) atoms. The molecular weight excluding hydrogens is 856 g/mol. The number of nitrogens with zero attached hydrogens (tertiary/aromatic N) is 4. The van der Waals surface area contributed by atoms with Gasteiger partial charge in [0.25, 0.3) is 0 Å². The zero-order valence-corrected chi connectivity index (χ0v) is 35.7. The summed E-state index contributed by atoms with van der Waals surface area (Å²) in [4.78, 5) is 13.9. The minimum Gasteiger partial charge on any atom is -0.741 e. The van der Waals surface area contributed by atoms with E-state index in [0.717, 1.165) is 35.6 Å². The molecule has 0 saturated heterocycles. The van der Waals surface area contributed by atoms with E-state index in [9.17, 15) is 26.3 Å². The first kappa shape index (κ1) is 51.6. The number of benzene rings is 2. The first-order chi connectivity index (χ1) is 26.0. The van der Waals surface area contributed by atoms with Crippen LogP contribution in [0.3, 0.4) is 0 Å². The van der Waals surface area contributed by atoms with Crippen molar-refractivity contribution in [1.29, 1.82) is 0 Å². The van der Waals surface area contributed by atoms with Crippen LogP contribution in [0.1, 0.15) is 60.3 Å². The number of hydrogen-bond acceptors (Lipinski definition) is 12. The molecule has 0 radical (unpaired) electrons. The van der Waals surface area contributed by atoms with Crippen LogP contribution in [0.4, 0.5) is 26.3 Å². The Hall–Kier alpha value is -3.40. The molecule has 0 aliphatic heterocycles. The number of aromatic nitrogens is 2. The maximum absolute atomic E-state index is 10.7. The average Bonchev–Trinajstić information content (AvgIpc) is 3.15. The monoisotopic (exact) mass is 898 g/mol. The molecule has 0 bridgehead atoms. The summed E-state index contributed by atoms with van der Waals surface area (Å²) in [5.74, 6) is 0. The summed E-state index contributed by atoms with van der Waals surface area (Å²) in [6, 6.07) is 33.1. The Morgan fingerprint density at radius 1 is 0.614 bits per heavy atom. The summed E-state index contributed by atoms with van der Waals surface area (Å²) in [5.41, 5.74) is 5.44. The van der Waals surface area contributed by atoms with Crippen molar-refractivity contribution in [2.75, 3.05) is 14.1 Å². The first-order valence-electron chi connectivity index (χ1n) is 16.9. The number of alkyl halides is 6. The van der Waals surface area contributed by atoms with E-state index in [2.05, 4.69) is 58.1 Å². The van der Waals surface area contributed by atoms with E-state index >= 15 is 0 Å². The molecule has 21 heteroatoms. The van der Waals surface area contributed by atoms with E-state index in [0.29, 0.717) is 12.1 Å². The van der Waals surface area contributed by atoms with Crippen molar-refractivity contribution >= 4 is 20.2 Å². The van der Waals surface area contributed by atoms with Gasteiger partial charge in [0.15, 0.2) is 20.2 Å². The molecule has 1 saturated carbocycles. The summed E-state index contributed by atoms with van der Waals surface area (Å²) < 4.78 is 118. The van der Waals surface area contributed by atoms with Gasteiger partial charge in [-0.25, -0.2) is 16.8 Å². The molecule has 1 aliphatic carbocycles. The van der Waals surface area contributed by atoms with Gasteiger partial charge in [-0.05, 0) is 62.3 Å². The summed E-state index contributed by atoms with van der Waals surface area (Å²) >= 11 is 0. The maximum Gasteiger partial charge on any atom is 2.00 e. The normalized spacial score (nSPS) is 16.9. The Labute approximate surface area is 341 Å². The van der Waals surface area contributed by atoms with E-state index in [1.165, 1.54) is 25.7 Å². The average molecular weight is 900 g/mol. The van der Waals surface area contributed by atoms with Crippen molar-refractivity contribution in [2.24, 2.45) is 11.5 Å². The fraction of sp³-hybridized carbons (Fsp3) is 0.389. The van der Waals surface area contributed by atoms with Crippen LogP contribution < -0.4 is 11.5 Å². The van der Waals surface area contributed by atoms with Gasteiger partial charge >= 0.3 is 30.5 Å². The molecule has 0 spiro atoms. The van der Waals surface area contributed by atoms with Gasteiger partial charge in [0.2, 0.25) is 0 Å². The van der Waals surface area contributed by atoms with Crippen molar-refractivity contribution in [3.05, 3.63) is 132 Å². The van der Waals surface area contributed by atoms with Crippen molar-refractivity contribution in [3.63, 3.8) is 0 Å². The third-order valence-electron chi connectivity index (χ3n) is 8.42. The molecule has 310 valence electrons. The molecule has 5 rings (SSSR count). The van der Waals surface area contributed by atoms with Crippen LogP contribution in [0.2, 0.25) is 0 Å². The summed E-state index contributed by atoms with van der Waals surface area (Å²) in [6.07, 6.45) is 8.95. The Morgan fingerprint density at radius 2 is 0.895 bits per heavy atom. The molecule has 4 N–H and O–H groups in total. The number of likely N-dealkylation sites (N-methyl/N-ethyl adjacent to an activating group) is 2. The summed E-state index contributed by atoms with van der Waals surface area (Å²) in [6.45, 7) is 1.83. The third kappa shape index (κ3) is 18.4. The smallest absolute Gasteiger partial charge is 0.741 e. The van der Waals surface area contributed by atoms with Crippen LogP contribution in [-0.4, -0.2) is 82.9 Å². The van der Waals surface area contributed by atoms with Gasteiger partial charge in [0.05, 0.1) is 11.4 Å². The van der Waals surface area contributed by atoms with E-state index in [4.69, 9.17) is 37.4 Å². The Bertz CT molecular complexity index is 1780. The molecule has 2 aromatic carbocycles. The van der Waals surface area contributed by atoms with Gasteiger partial charge in [-0.2, -0.15) is 26.3 Å². The second-order valence-electron chi connectivity index (χ2n) is 12.6. The van der Waals surface area contributed by atoms with Crippen molar-refractivity contribution in [2.45, 2.75) is 74.0 Å². The molecule has 2 aromatic heterocycles. The van der Waals surface area contributed by atoms with Gasteiger partial charge in [-0.1, -0.05) is 85.6 Å². The van der Waals surface area contributed by atoms with E-state index < -0.39 is 31.3 Å². The van der Waals surface area contributed by atoms with Gasteiger partial charge in [-0.15, -0.1) is 0 Å². The Kier molecular flexibility index (Phi) is 21.6. The maximum atomic E-state index is 10.7. The predicted molar refractivity (Wildman–Crippen MR) is 196 cm³/mol. The van der Waals surface area contributed by atoms with Gasteiger partial charge in [0, 0.05) is 49.7 Å². The quantitative estimate of drug-likeness (QED) is 0.0883. The van der Waals surface area contributed by atoms with Gasteiger partial charge in [0.1, 0.15) is 0 Å². The van der Waals surface area contributed by atoms with Crippen LogP contribution >= 0.6 is 0 Å². The Balaban J connectivity index is 0.000000424. The fourth-order valence-electron chi connectivity index (χ4n) is 5.61. The molecule has 4 atom stereocenters. The standard InChI is InChI=1S/C20H28N4.C14H16N2.2CHF3O3S.Zn/c1-23(15-17-9-5-7-13-21-17)19-11-3-4-12-20(19)24(2)16-18-10-6-8-14-22-18;15-13(11-7-3-1-4-8-11)14(16)12-9-5-2-6-10-12;2*2-1(3,4)8(5,6)7;/h5-10,13-14,19-20H,3-4,11-12,15-16H2,1-2H3;1-10,13-14H,15-16H2;2*(H,5,6,7);/q;;;;+2/p-2/t19-,20-;13-,14-;;;/m00.../s1.